The zero-order valence-electron chi connectivity index (χ0n) is 11.1. The Morgan fingerprint density at radius 2 is 2.17 bits per heavy atom. The van der Waals surface area contributed by atoms with Crippen LogP contribution in [0.4, 0.5) is 0 Å². The molecule has 1 amide bonds. The van der Waals surface area contributed by atoms with Crippen LogP contribution in [0.15, 0.2) is 30.3 Å². The van der Waals surface area contributed by atoms with Gasteiger partial charge >= 0.3 is 0 Å². The fraction of sp³-hybridized carbons (Fsp3) is 0.533. The monoisotopic (exact) mass is 246 g/mol. The quantitative estimate of drug-likeness (QED) is 0.884. The van der Waals surface area contributed by atoms with Gasteiger partial charge in [0.2, 0.25) is 0 Å². The van der Waals surface area contributed by atoms with Crippen molar-refractivity contribution in [3.05, 3.63) is 35.9 Å². The first-order chi connectivity index (χ1) is 8.81. The first kappa shape index (κ1) is 13.1. The molecule has 98 valence electrons. The Hall–Kier alpha value is -1.35. The molecule has 0 aromatic heterocycles. The van der Waals surface area contributed by atoms with Gasteiger partial charge in [0.05, 0.1) is 0 Å². The number of hydrogen-bond donors (Lipinski definition) is 1. The highest BCUT2D eigenvalue weighted by molar-refractivity contribution is 5.94. The predicted octanol–water partition coefficient (Wildman–Crippen LogP) is 2.29. The number of rotatable bonds is 4. The highest BCUT2D eigenvalue weighted by atomic mass is 16.2. The van der Waals surface area contributed by atoms with Gasteiger partial charge in [0.1, 0.15) is 0 Å². The van der Waals surface area contributed by atoms with Crippen LogP contribution < -0.4 is 5.32 Å². The zero-order chi connectivity index (χ0) is 12.8. The summed E-state index contributed by atoms with van der Waals surface area (Å²) >= 11 is 0. The van der Waals surface area contributed by atoms with E-state index in [1.165, 1.54) is 6.42 Å². The highest BCUT2D eigenvalue weighted by Crippen LogP contribution is 2.13. The number of piperidine rings is 1. The number of amides is 1. The molecule has 3 heteroatoms. The molecule has 0 spiro atoms. The van der Waals surface area contributed by atoms with E-state index in [1.807, 2.05) is 35.2 Å². The fourth-order valence-electron chi connectivity index (χ4n) is 2.44. The summed E-state index contributed by atoms with van der Waals surface area (Å²) in [5.41, 5.74) is 0.800. The maximum Gasteiger partial charge on any atom is 0.253 e. The minimum atomic E-state index is 0.165. The largest absolute Gasteiger partial charge is 0.337 e. The molecule has 1 aliphatic rings. The summed E-state index contributed by atoms with van der Waals surface area (Å²) in [6.45, 7) is 4.94. The summed E-state index contributed by atoms with van der Waals surface area (Å²) in [7, 11) is 0. The minimum Gasteiger partial charge on any atom is -0.337 e. The lowest BCUT2D eigenvalue weighted by molar-refractivity contribution is 0.0695. The maximum atomic E-state index is 12.3. The van der Waals surface area contributed by atoms with Gasteiger partial charge in [-0.05, 0) is 37.9 Å². The molecule has 1 unspecified atom stereocenters. The van der Waals surface area contributed by atoms with Gasteiger partial charge in [0, 0.05) is 24.7 Å². The molecule has 1 aromatic rings. The van der Waals surface area contributed by atoms with Gasteiger partial charge in [-0.2, -0.15) is 0 Å². The lowest BCUT2D eigenvalue weighted by Gasteiger charge is -2.33. The standard InChI is InChI=1S/C15H22N2O/c1-2-10-16-14-9-6-11-17(12-14)15(18)13-7-4-3-5-8-13/h3-5,7-8,14,16H,2,6,9-12H2,1H3. The van der Waals surface area contributed by atoms with Crippen LogP contribution in [0, 0.1) is 0 Å². The zero-order valence-corrected chi connectivity index (χ0v) is 11.1. The first-order valence-electron chi connectivity index (χ1n) is 6.89. The van der Waals surface area contributed by atoms with Crippen LogP contribution in [-0.4, -0.2) is 36.5 Å². The molecular weight excluding hydrogens is 224 g/mol. The number of carbonyl (C=O) groups is 1. The second-order valence-electron chi connectivity index (χ2n) is 4.91. The summed E-state index contributed by atoms with van der Waals surface area (Å²) < 4.78 is 0. The normalized spacial score (nSPS) is 19.8. The molecule has 3 nitrogen and oxygen atoms in total. The first-order valence-corrected chi connectivity index (χ1v) is 6.89. The van der Waals surface area contributed by atoms with Crippen molar-refractivity contribution >= 4 is 5.91 Å². The van der Waals surface area contributed by atoms with Crippen LogP contribution in [0.2, 0.25) is 0 Å². The van der Waals surface area contributed by atoms with Gasteiger partial charge in [-0.1, -0.05) is 25.1 Å². The average Bonchev–Trinajstić information content (AvgIpc) is 2.45. The maximum absolute atomic E-state index is 12.3. The second-order valence-corrected chi connectivity index (χ2v) is 4.91. The van der Waals surface area contributed by atoms with Crippen molar-refractivity contribution in [1.82, 2.24) is 10.2 Å². The Morgan fingerprint density at radius 1 is 1.39 bits per heavy atom. The van der Waals surface area contributed by atoms with E-state index < -0.39 is 0 Å². The van der Waals surface area contributed by atoms with E-state index in [0.29, 0.717) is 6.04 Å². The second kappa shape index (κ2) is 6.55. The third kappa shape index (κ3) is 3.33. The molecule has 1 aromatic carbocycles. The van der Waals surface area contributed by atoms with Crippen molar-refractivity contribution in [3.63, 3.8) is 0 Å². The molecular formula is C15H22N2O. The van der Waals surface area contributed by atoms with Gasteiger partial charge in [-0.3, -0.25) is 4.79 Å². The Bertz CT molecular complexity index is 377. The van der Waals surface area contributed by atoms with E-state index in [9.17, 15) is 4.79 Å². The molecule has 1 heterocycles. The third-order valence-electron chi connectivity index (χ3n) is 3.41. The van der Waals surface area contributed by atoms with Crippen molar-refractivity contribution < 1.29 is 4.79 Å². The van der Waals surface area contributed by atoms with Crippen LogP contribution in [-0.2, 0) is 0 Å². The number of likely N-dealkylation sites (tertiary alicyclic amines) is 1. The Kier molecular flexibility index (Phi) is 4.76. The summed E-state index contributed by atoms with van der Waals surface area (Å²) in [6.07, 6.45) is 3.42. The van der Waals surface area contributed by atoms with Crippen LogP contribution in [0.5, 0.6) is 0 Å². The van der Waals surface area contributed by atoms with Crippen molar-refractivity contribution in [2.75, 3.05) is 19.6 Å². The Balaban J connectivity index is 1.94. The molecule has 0 saturated carbocycles. The number of benzene rings is 1. The van der Waals surface area contributed by atoms with Gasteiger partial charge in [-0.25, -0.2) is 0 Å². The van der Waals surface area contributed by atoms with E-state index in [0.717, 1.165) is 38.0 Å². The average molecular weight is 246 g/mol. The number of nitrogens with one attached hydrogen (secondary N) is 1. The van der Waals surface area contributed by atoms with E-state index in [4.69, 9.17) is 0 Å². The molecule has 1 N–H and O–H groups in total. The molecule has 18 heavy (non-hydrogen) atoms. The topological polar surface area (TPSA) is 32.3 Å². The minimum absolute atomic E-state index is 0.165. The number of hydrogen-bond acceptors (Lipinski definition) is 2. The van der Waals surface area contributed by atoms with Crippen molar-refractivity contribution in [2.45, 2.75) is 32.2 Å². The van der Waals surface area contributed by atoms with Crippen molar-refractivity contribution in [1.29, 1.82) is 0 Å². The van der Waals surface area contributed by atoms with Gasteiger partial charge in [-0.15, -0.1) is 0 Å². The van der Waals surface area contributed by atoms with E-state index in [1.54, 1.807) is 0 Å². The van der Waals surface area contributed by atoms with Crippen LogP contribution in [0.3, 0.4) is 0 Å². The highest BCUT2D eigenvalue weighted by Gasteiger charge is 2.23. The molecule has 0 bridgehead atoms. The van der Waals surface area contributed by atoms with Crippen LogP contribution >= 0.6 is 0 Å². The molecule has 2 rings (SSSR count). The Morgan fingerprint density at radius 3 is 2.89 bits per heavy atom. The summed E-state index contributed by atoms with van der Waals surface area (Å²) in [4.78, 5) is 14.3. The SMILES string of the molecule is CCCNC1CCCN(C(=O)c2ccccc2)C1. The van der Waals surface area contributed by atoms with E-state index in [2.05, 4.69) is 12.2 Å². The van der Waals surface area contributed by atoms with Gasteiger partial charge < -0.3 is 10.2 Å². The molecule has 0 aliphatic carbocycles. The predicted molar refractivity (Wildman–Crippen MR) is 73.7 cm³/mol. The summed E-state index contributed by atoms with van der Waals surface area (Å²) in [5.74, 6) is 0.165. The third-order valence-corrected chi connectivity index (χ3v) is 3.41. The van der Waals surface area contributed by atoms with Crippen LogP contribution in [0.1, 0.15) is 36.5 Å². The Labute approximate surface area is 109 Å². The fourth-order valence-corrected chi connectivity index (χ4v) is 2.44. The van der Waals surface area contributed by atoms with Crippen LogP contribution in [0.25, 0.3) is 0 Å². The molecule has 1 aliphatic heterocycles. The van der Waals surface area contributed by atoms with E-state index in [-0.39, 0.29) is 5.91 Å². The molecule has 0 radical (unpaired) electrons. The smallest absolute Gasteiger partial charge is 0.253 e. The summed E-state index contributed by atoms with van der Waals surface area (Å²) in [5, 5.41) is 3.51. The number of nitrogens with zero attached hydrogens (tertiary/aromatic N) is 1. The molecule has 1 fully saturated rings. The number of carbonyl (C=O) groups excluding carboxylic acids is 1. The van der Waals surface area contributed by atoms with E-state index >= 15 is 0 Å². The van der Waals surface area contributed by atoms with Crippen molar-refractivity contribution in [2.24, 2.45) is 0 Å². The summed E-state index contributed by atoms with van der Waals surface area (Å²) in [6, 6.07) is 10.0. The molecule has 1 atom stereocenters. The molecule has 1 saturated heterocycles. The lowest BCUT2D eigenvalue weighted by Crippen LogP contribution is -2.48. The lowest BCUT2D eigenvalue weighted by atomic mass is 10.0. The van der Waals surface area contributed by atoms with Gasteiger partial charge in [0.15, 0.2) is 0 Å². The van der Waals surface area contributed by atoms with Crippen molar-refractivity contribution in [3.8, 4) is 0 Å². The van der Waals surface area contributed by atoms with Gasteiger partial charge in [0.25, 0.3) is 5.91 Å².